The van der Waals surface area contributed by atoms with E-state index in [1.807, 2.05) is 49.4 Å². The lowest BCUT2D eigenvalue weighted by Gasteiger charge is -2.21. The van der Waals surface area contributed by atoms with Gasteiger partial charge in [0.1, 0.15) is 0 Å². The van der Waals surface area contributed by atoms with Crippen LogP contribution in [0.4, 0.5) is 5.69 Å². The lowest BCUT2D eigenvalue weighted by molar-refractivity contribution is 0.0931. The van der Waals surface area contributed by atoms with Gasteiger partial charge in [0, 0.05) is 5.56 Å². The fraction of sp³-hybridized carbons (Fsp3) is 0.269. The van der Waals surface area contributed by atoms with Gasteiger partial charge in [-0.25, -0.2) is 8.42 Å². The third kappa shape index (κ3) is 5.77. The van der Waals surface area contributed by atoms with Gasteiger partial charge in [0.2, 0.25) is 0 Å². The number of hydrogen-bond acceptors (Lipinski definition) is 3. The Kier molecular flexibility index (Phi) is 7.36. The minimum Gasteiger partial charge on any atom is -0.345 e. The first kappa shape index (κ1) is 23.5. The van der Waals surface area contributed by atoms with Crippen molar-refractivity contribution in [1.29, 1.82) is 0 Å². The fourth-order valence-corrected chi connectivity index (χ4v) is 5.00. The number of sulfonamides is 1. The number of rotatable bonds is 8. The molecule has 0 aliphatic carbocycles. The highest BCUT2D eigenvalue weighted by Crippen LogP contribution is 2.25. The van der Waals surface area contributed by atoms with Crippen LogP contribution in [0.5, 0.6) is 0 Å². The molecule has 3 rings (SSSR count). The van der Waals surface area contributed by atoms with E-state index in [0.29, 0.717) is 22.7 Å². The first-order valence-corrected chi connectivity index (χ1v) is 12.2. The standard InChI is InChI=1S/C26H30N2O3S/c1-18(2)16-24(21-11-6-5-7-12-21)27-26(29)22-15-14-20(4)25(17-22)32(30,31)28-23-13-9-8-10-19(23)3/h5-15,17-18,24,28H,16H2,1-4H3,(H,27,29)/t24-/m1/s1. The Hall–Kier alpha value is -3.12. The van der Waals surface area contributed by atoms with E-state index in [0.717, 1.165) is 17.5 Å². The predicted molar refractivity (Wildman–Crippen MR) is 129 cm³/mol. The van der Waals surface area contributed by atoms with Gasteiger partial charge < -0.3 is 5.32 Å². The largest absolute Gasteiger partial charge is 0.345 e. The van der Waals surface area contributed by atoms with E-state index < -0.39 is 10.0 Å². The van der Waals surface area contributed by atoms with Crippen LogP contribution in [0.3, 0.4) is 0 Å². The van der Waals surface area contributed by atoms with Crippen LogP contribution in [-0.4, -0.2) is 14.3 Å². The van der Waals surface area contributed by atoms with E-state index in [-0.39, 0.29) is 16.8 Å². The molecule has 0 heterocycles. The van der Waals surface area contributed by atoms with Crippen LogP contribution in [0.15, 0.2) is 77.7 Å². The SMILES string of the molecule is Cc1ccccc1NS(=O)(=O)c1cc(C(=O)N[C@H](CC(C)C)c2ccccc2)ccc1C. The molecule has 1 atom stereocenters. The molecule has 3 aromatic carbocycles. The molecule has 0 radical (unpaired) electrons. The van der Waals surface area contributed by atoms with Gasteiger partial charge in [-0.1, -0.05) is 68.4 Å². The predicted octanol–water partition coefficient (Wildman–Crippen LogP) is 5.62. The van der Waals surface area contributed by atoms with Crippen molar-refractivity contribution in [2.24, 2.45) is 5.92 Å². The van der Waals surface area contributed by atoms with Crippen molar-refractivity contribution < 1.29 is 13.2 Å². The monoisotopic (exact) mass is 450 g/mol. The maximum Gasteiger partial charge on any atom is 0.262 e. The third-order valence-electron chi connectivity index (χ3n) is 5.34. The highest BCUT2D eigenvalue weighted by molar-refractivity contribution is 7.92. The van der Waals surface area contributed by atoms with Crippen molar-refractivity contribution in [3.05, 3.63) is 95.1 Å². The average Bonchev–Trinajstić information content (AvgIpc) is 2.75. The number of aryl methyl sites for hydroxylation is 2. The number of nitrogens with one attached hydrogen (secondary N) is 2. The molecule has 6 heteroatoms. The van der Waals surface area contributed by atoms with Gasteiger partial charge in [-0.3, -0.25) is 9.52 Å². The molecule has 168 valence electrons. The average molecular weight is 451 g/mol. The van der Waals surface area contributed by atoms with Gasteiger partial charge >= 0.3 is 0 Å². The smallest absolute Gasteiger partial charge is 0.262 e. The molecule has 0 aliphatic heterocycles. The highest BCUT2D eigenvalue weighted by Gasteiger charge is 2.22. The van der Waals surface area contributed by atoms with Crippen molar-refractivity contribution >= 4 is 21.6 Å². The molecule has 3 aromatic rings. The van der Waals surface area contributed by atoms with Crippen molar-refractivity contribution in [2.75, 3.05) is 4.72 Å². The summed E-state index contributed by atoms with van der Waals surface area (Å²) >= 11 is 0. The van der Waals surface area contributed by atoms with E-state index in [4.69, 9.17) is 0 Å². The minimum absolute atomic E-state index is 0.0912. The van der Waals surface area contributed by atoms with Crippen molar-refractivity contribution in [3.8, 4) is 0 Å². The van der Waals surface area contributed by atoms with Crippen LogP contribution >= 0.6 is 0 Å². The summed E-state index contributed by atoms with van der Waals surface area (Å²) in [7, 11) is -3.85. The zero-order valence-corrected chi connectivity index (χ0v) is 19.7. The molecule has 1 amide bonds. The summed E-state index contributed by atoms with van der Waals surface area (Å²) in [5, 5.41) is 3.08. The molecular formula is C26H30N2O3S. The molecule has 5 nitrogen and oxygen atoms in total. The summed E-state index contributed by atoms with van der Waals surface area (Å²) in [5.74, 6) is 0.0830. The Bertz CT molecular complexity index is 1190. The maximum absolute atomic E-state index is 13.1. The van der Waals surface area contributed by atoms with Crippen molar-refractivity contribution in [3.63, 3.8) is 0 Å². The number of benzene rings is 3. The lowest BCUT2D eigenvalue weighted by Crippen LogP contribution is -2.29. The quantitative estimate of drug-likeness (QED) is 0.468. The number of carbonyl (C=O) groups excluding carboxylic acids is 1. The van der Waals surface area contributed by atoms with Crippen LogP contribution < -0.4 is 10.0 Å². The highest BCUT2D eigenvalue weighted by atomic mass is 32.2. The Morgan fingerprint density at radius 1 is 0.875 bits per heavy atom. The van der Waals surface area contributed by atoms with Crippen LogP contribution in [-0.2, 0) is 10.0 Å². The fourth-order valence-electron chi connectivity index (χ4n) is 3.59. The number of hydrogen-bond donors (Lipinski definition) is 2. The molecule has 0 saturated heterocycles. The molecule has 32 heavy (non-hydrogen) atoms. The molecule has 0 spiro atoms. The summed E-state index contributed by atoms with van der Waals surface area (Å²) in [5.41, 5.74) is 3.25. The molecule has 0 aliphatic rings. The van der Waals surface area contributed by atoms with Gasteiger partial charge in [-0.05, 0) is 61.1 Å². The van der Waals surface area contributed by atoms with E-state index in [1.54, 1.807) is 31.2 Å². The molecule has 0 bridgehead atoms. The Balaban J connectivity index is 1.88. The summed E-state index contributed by atoms with van der Waals surface area (Å²) in [6.07, 6.45) is 0.779. The Labute approximate surface area is 190 Å². The van der Waals surface area contributed by atoms with Crippen LogP contribution in [0.1, 0.15) is 53.4 Å². The van der Waals surface area contributed by atoms with E-state index in [2.05, 4.69) is 23.9 Å². The first-order chi connectivity index (χ1) is 15.2. The number of carbonyl (C=O) groups is 1. The molecular weight excluding hydrogens is 420 g/mol. The van der Waals surface area contributed by atoms with Gasteiger partial charge in [-0.15, -0.1) is 0 Å². The Morgan fingerprint density at radius 3 is 2.19 bits per heavy atom. The summed E-state index contributed by atoms with van der Waals surface area (Å²) in [6.45, 7) is 7.78. The second kappa shape index (κ2) is 10.0. The second-order valence-corrected chi connectivity index (χ2v) is 10.1. The summed E-state index contributed by atoms with van der Waals surface area (Å²) in [4.78, 5) is 13.2. The zero-order chi connectivity index (χ0) is 23.3. The van der Waals surface area contributed by atoms with Crippen LogP contribution in [0.2, 0.25) is 0 Å². The van der Waals surface area contributed by atoms with E-state index >= 15 is 0 Å². The number of anilines is 1. The van der Waals surface area contributed by atoms with E-state index in [9.17, 15) is 13.2 Å². The molecule has 0 fully saturated rings. The number of para-hydroxylation sites is 1. The Morgan fingerprint density at radius 2 is 1.53 bits per heavy atom. The maximum atomic E-state index is 13.1. The van der Waals surface area contributed by atoms with Gasteiger partial charge in [0.15, 0.2) is 0 Å². The molecule has 2 N–H and O–H groups in total. The van der Waals surface area contributed by atoms with Crippen LogP contribution in [0, 0.1) is 19.8 Å². The zero-order valence-electron chi connectivity index (χ0n) is 18.9. The second-order valence-electron chi connectivity index (χ2n) is 8.47. The molecule has 0 unspecified atom stereocenters. The summed E-state index contributed by atoms with van der Waals surface area (Å²) in [6, 6.07) is 21.6. The topological polar surface area (TPSA) is 75.3 Å². The van der Waals surface area contributed by atoms with Crippen molar-refractivity contribution in [1.82, 2.24) is 5.32 Å². The lowest BCUT2D eigenvalue weighted by atomic mass is 9.96. The molecule has 0 aromatic heterocycles. The normalized spacial score (nSPS) is 12.4. The van der Waals surface area contributed by atoms with Gasteiger partial charge in [-0.2, -0.15) is 0 Å². The van der Waals surface area contributed by atoms with Gasteiger partial charge in [0.25, 0.3) is 15.9 Å². The minimum atomic E-state index is -3.85. The number of amides is 1. The first-order valence-electron chi connectivity index (χ1n) is 10.7. The van der Waals surface area contributed by atoms with Crippen molar-refractivity contribution in [2.45, 2.75) is 45.1 Å². The third-order valence-corrected chi connectivity index (χ3v) is 6.85. The van der Waals surface area contributed by atoms with Gasteiger partial charge in [0.05, 0.1) is 16.6 Å². The van der Waals surface area contributed by atoms with Crippen LogP contribution in [0.25, 0.3) is 0 Å². The summed E-state index contributed by atoms with van der Waals surface area (Å²) < 4.78 is 28.8. The molecule has 0 saturated carbocycles. The van der Waals surface area contributed by atoms with E-state index in [1.165, 1.54) is 6.07 Å².